The molecule has 308 valence electrons. The first-order chi connectivity index (χ1) is 25.0. The molecule has 0 rings (SSSR count). The van der Waals surface area contributed by atoms with Crippen molar-refractivity contribution in [3.8, 4) is 0 Å². The third-order valence-corrected chi connectivity index (χ3v) is 7.84. The monoisotopic (exact) mass is 769 g/mol. The number of carboxylic acid groups (broad SMARTS) is 1. The van der Waals surface area contributed by atoms with Gasteiger partial charge in [0.1, 0.15) is 42.8 Å². The highest BCUT2D eigenvalue weighted by Gasteiger charge is 2.33. The van der Waals surface area contributed by atoms with Gasteiger partial charge in [-0.3, -0.25) is 43.2 Å². The average molecular weight is 770 g/mol. The van der Waals surface area contributed by atoms with Gasteiger partial charge >= 0.3 is 5.97 Å². The predicted molar refractivity (Wildman–Crippen MR) is 199 cm³/mol. The fourth-order valence-electron chi connectivity index (χ4n) is 5.03. The highest BCUT2D eigenvalue weighted by Crippen LogP contribution is 2.11. The summed E-state index contributed by atoms with van der Waals surface area (Å²) >= 11 is 0. The summed E-state index contributed by atoms with van der Waals surface area (Å²) in [6.07, 6.45) is 0.649. The summed E-state index contributed by atoms with van der Waals surface area (Å²) < 4.78 is 0. The Morgan fingerprint density at radius 1 is 0.463 bits per heavy atom. The smallest absolute Gasteiger partial charge is 0.322 e. The van der Waals surface area contributed by atoms with Crippen molar-refractivity contribution in [2.75, 3.05) is 19.6 Å². The minimum Gasteiger partial charge on any atom is -0.480 e. The van der Waals surface area contributed by atoms with Crippen LogP contribution in [0.25, 0.3) is 0 Å². The van der Waals surface area contributed by atoms with E-state index in [4.69, 9.17) is 10.8 Å². The Morgan fingerprint density at radius 2 is 0.870 bits per heavy atom. The van der Waals surface area contributed by atoms with E-state index >= 15 is 0 Å². The molecule has 0 saturated carbocycles. The van der Waals surface area contributed by atoms with Gasteiger partial charge in [-0.25, -0.2) is 0 Å². The molecule has 0 aliphatic rings. The lowest BCUT2D eigenvalue weighted by molar-refractivity contribution is -0.138. The van der Waals surface area contributed by atoms with Crippen LogP contribution in [0.2, 0.25) is 0 Å². The van der Waals surface area contributed by atoms with Gasteiger partial charge in [0.05, 0.1) is 13.1 Å². The summed E-state index contributed by atoms with van der Waals surface area (Å²) in [6, 6.07) is -6.51. The van der Waals surface area contributed by atoms with Gasteiger partial charge in [0.15, 0.2) is 0 Å². The topological polar surface area (TPSA) is 296 Å². The Labute approximate surface area is 317 Å². The second-order valence-corrected chi connectivity index (χ2v) is 14.9. The molecule has 0 aliphatic heterocycles. The van der Waals surface area contributed by atoms with E-state index in [1.165, 1.54) is 13.8 Å². The normalized spacial score (nSPS) is 14.5. The van der Waals surface area contributed by atoms with E-state index < -0.39 is 108 Å². The number of carbonyl (C=O) groups is 9. The number of nitrogens with one attached hydrogen (secondary N) is 8. The summed E-state index contributed by atoms with van der Waals surface area (Å²) in [6.45, 7) is 15.8. The SMILES string of the molecule is CC(C)C[C@H](NC(=O)CN)C(=O)N[C@H](C(=O)N[C@@H](C)C(=O)N[C@@H](CC(C)C)C(=O)N[C@@H](CC(C)C)C(=O)N[C@@H](C)C(=O)NCC(=O)NCC(=O)O)C(C)C. The number of carbonyl (C=O) groups excluding carboxylic acids is 8. The van der Waals surface area contributed by atoms with E-state index in [0.717, 1.165) is 0 Å². The van der Waals surface area contributed by atoms with Gasteiger partial charge in [-0.15, -0.1) is 0 Å². The fraction of sp³-hybridized carbons (Fsp3) is 0.743. The molecule has 0 heterocycles. The maximum absolute atomic E-state index is 13.6. The van der Waals surface area contributed by atoms with Crippen LogP contribution in [0.1, 0.15) is 88.5 Å². The standard InChI is InChI=1S/C35H63N9O10/c1-17(2)11-23(41-26(45)14-36)34(53)44-29(20(7)8)35(54)40-22(10)31(50)42-25(13-19(5)6)33(52)43-24(12-18(3)4)32(51)39-21(9)30(49)38-15-27(46)37-16-28(47)48/h17-25,29H,11-16,36H2,1-10H3,(H,37,46)(H,38,49)(H,39,51)(H,40,54)(H,41,45)(H,42,50)(H,43,52)(H,44,53)(H,47,48)/t21-,22-,23-,24-,25-,29-/m0/s1. The lowest BCUT2D eigenvalue weighted by atomic mass is 9.99. The number of amides is 8. The van der Waals surface area contributed by atoms with Crippen LogP contribution in [-0.4, -0.2) is 114 Å². The molecule has 0 aromatic rings. The van der Waals surface area contributed by atoms with Crippen LogP contribution in [0.4, 0.5) is 0 Å². The number of hydrogen-bond donors (Lipinski definition) is 10. The number of aliphatic carboxylic acids is 1. The molecule has 54 heavy (non-hydrogen) atoms. The van der Waals surface area contributed by atoms with Crippen molar-refractivity contribution in [2.45, 2.75) is 125 Å². The van der Waals surface area contributed by atoms with Crippen molar-refractivity contribution in [2.24, 2.45) is 29.4 Å². The van der Waals surface area contributed by atoms with Crippen LogP contribution in [0.5, 0.6) is 0 Å². The molecule has 19 nitrogen and oxygen atoms in total. The lowest BCUT2D eigenvalue weighted by Gasteiger charge is -2.28. The van der Waals surface area contributed by atoms with E-state index in [1.807, 2.05) is 41.5 Å². The molecule has 19 heteroatoms. The molecule has 0 saturated heterocycles. The first kappa shape index (κ1) is 49.2. The van der Waals surface area contributed by atoms with Gasteiger partial charge < -0.3 is 53.4 Å². The average Bonchev–Trinajstić information content (AvgIpc) is 3.06. The van der Waals surface area contributed by atoms with Crippen molar-refractivity contribution < 1.29 is 48.3 Å². The summed E-state index contributed by atoms with van der Waals surface area (Å²) in [5.41, 5.74) is 5.40. The van der Waals surface area contributed by atoms with Gasteiger partial charge in [-0.05, 0) is 56.8 Å². The van der Waals surface area contributed by atoms with E-state index in [2.05, 4.69) is 42.5 Å². The fourth-order valence-corrected chi connectivity index (χ4v) is 5.03. The molecule has 0 aromatic carbocycles. The predicted octanol–water partition coefficient (Wildman–Crippen LogP) is -1.99. The zero-order valence-electron chi connectivity index (χ0n) is 33.2. The Bertz CT molecular complexity index is 1320. The largest absolute Gasteiger partial charge is 0.480 e. The van der Waals surface area contributed by atoms with Crippen LogP contribution in [0.3, 0.4) is 0 Å². The lowest BCUT2D eigenvalue weighted by Crippen LogP contribution is -2.60. The van der Waals surface area contributed by atoms with Crippen molar-refractivity contribution >= 4 is 53.2 Å². The zero-order valence-corrected chi connectivity index (χ0v) is 33.2. The Hall–Kier alpha value is -4.81. The van der Waals surface area contributed by atoms with E-state index in [-0.39, 0.29) is 37.1 Å². The molecule has 8 amide bonds. The van der Waals surface area contributed by atoms with Crippen LogP contribution in [0.15, 0.2) is 0 Å². The number of hydrogen-bond acceptors (Lipinski definition) is 10. The minimum atomic E-state index is -1.26. The van der Waals surface area contributed by atoms with E-state index in [1.54, 1.807) is 13.8 Å². The van der Waals surface area contributed by atoms with Gasteiger partial charge in [0.2, 0.25) is 47.3 Å². The maximum Gasteiger partial charge on any atom is 0.322 e. The van der Waals surface area contributed by atoms with Crippen LogP contribution < -0.4 is 48.3 Å². The Balaban J connectivity index is 5.72. The molecule has 0 fully saturated rings. The first-order valence-corrected chi connectivity index (χ1v) is 18.3. The van der Waals surface area contributed by atoms with E-state index in [9.17, 15) is 43.2 Å². The van der Waals surface area contributed by atoms with Crippen molar-refractivity contribution in [3.05, 3.63) is 0 Å². The third-order valence-electron chi connectivity index (χ3n) is 7.84. The molecular formula is C35H63N9O10. The molecule has 0 bridgehead atoms. The van der Waals surface area contributed by atoms with Crippen LogP contribution >= 0.6 is 0 Å². The first-order valence-electron chi connectivity index (χ1n) is 18.3. The number of nitrogens with two attached hydrogens (primary N) is 1. The number of rotatable bonds is 24. The van der Waals surface area contributed by atoms with Crippen molar-refractivity contribution in [1.29, 1.82) is 0 Å². The van der Waals surface area contributed by atoms with Crippen LogP contribution in [0, 0.1) is 23.7 Å². The second kappa shape index (κ2) is 24.5. The summed E-state index contributed by atoms with van der Waals surface area (Å²) in [7, 11) is 0. The van der Waals surface area contributed by atoms with Crippen molar-refractivity contribution in [1.82, 2.24) is 42.5 Å². The van der Waals surface area contributed by atoms with Gasteiger partial charge in [-0.1, -0.05) is 55.4 Å². The highest BCUT2D eigenvalue weighted by molar-refractivity contribution is 5.97. The molecule has 11 N–H and O–H groups in total. The molecule has 0 aliphatic carbocycles. The minimum absolute atomic E-state index is 0.0372. The quantitative estimate of drug-likeness (QED) is 0.0513. The number of carboxylic acids is 1. The molecule has 0 aromatic heterocycles. The molecular weight excluding hydrogens is 706 g/mol. The highest BCUT2D eigenvalue weighted by atomic mass is 16.4. The summed E-state index contributed by atoms with van der Waals surface area (Å²) in [5, 5.41) is 28.7. The maximum atomic E-state index is 13.6. The van der Waals surface area contributed by atoms with Gasteiger partial charge in [0, 0.05) is 0 Å². The van der Waals surface area contributed by atoms with Crippen LogP contribution in [-0.2, 0) is 43.2 Å². The summed E-state index contributed by atoms with van der Waals surface area (Å²) in [4.78, 5) is 113. The molecule has 0 unspecified atom stereocenters. The zero-order chi connectivity index (χ0) is 41.9. The van der Waals surface area contributed by atoms with Gasteiger partial charge in [-0.2, -0.15) is 0 Å². The van der Waals surface area contributed by atoms with E-state index in [0.29, 0.717) is 6.42 Å². The molecule has 6 atom stereocenters. The molecule has 0 radical (unpaired) electrons. The Morgan fingerprint density at radius 3 is 1.31 bits per heavy atom. The van der Waals surface area contributed by atoms with Crippen molar-refractivity contribution in [3.63, 3.8) is 0 Å². The second-order valence-electron chi connectivity index (χ2n) is 14.9. The molecule has 0 spiro atoms. The third kappa shape index (κ3) is 19.9. The summed E-state index contributed by atoms with van der Waals surface area (Å²) in [5.74, 6) is -7.10. The Kier molecular flexibility index (Phi) is 22.3. The van der Waals surface area contributed by atoms with Gasteiger partial charge in [0.25, 0.3) is 0 Å².